The van der Waals surface area contributed by atoms with Crippen molar-refractivity contribution in [2.75, 3.05) is 13.1 Å². The molecular formula is C15H24N2O4. The lowest BCUT2D eigenvalue weighted by Gasteiger charge is -1.99. The van der Waals surface area contributed by atoms with Gasteiger partial charge in [-0.2, -0.15) is 0 Å². The van der Waals surface area contributed by atoms with Gasteiger partial charge in [0.15, 0.2) is 0 Å². The first kappa shape index (κ1) is 19.1. The SMILES string of the molecule is CCCCNCCCC.O=C(O)c1ccccc1[N+](=O)[O-]. The number of carboxylic acids is 1. The maximum Gasteiger partial charge on any atom is 0.342 e. The van der Waals surface area contributed by atoms with Gasteiger partial charge in [-0.15, -0.1) is 0 Å². The predicted octanol–water partition coefficient (Wildman–Crippen LogP) is 3.47. The second kappa shape index (κ2) is 11.8. The fourth-order valence-corrected chi connectivity index (χ4v) is 1.54. The second-order valence-electron chi connectivity index (χ2n) is 4.54. The van der Waals surface area contributed by atoms with Crippen LogP contribution in [0.4, 0.5) is 5.69 Å². The van der Waals surface area contributed by atoms with Crippen LogP contribution in [0, 0.1) is 10.1 Å². The van der Waals surface area contributed by atoms with Crippen LogP contribution >= 0.6 is 0 Å². The van der Waals surface area contributed by atoms with Crippen LogP contribution in [-0.4, -0.2) is 29.1 Å². The summed E-state index contributed by atoms with van der Waals surface area (Å²) in [5.41, 5.74) is -0.674. The van der Waals surface area contributed by atoms with E-state index in [9.17, 15) is 14.9 Å². The summed E-state index contributed by atoms with van der Waals surface area (Å²) in [4.78, 5) is 20.0. The Bertz CT molecular complexity index is 396. The highest BCUT2D eigenvalue weighted by molar-refractivity contribution is 5.92. The number of para-hydroxylation sites is 1. The van der Waals surface area contributed by atoms with E-state index in [0.717, 1.165) is 6.07 Å². The van der Waals surface area contributed by atoms with Crippen LogP contribution in [0.3, 0.4) is 0 Å². The molecule has 0 unspecified atom stereocenters. The molecule has 1 aromatic carbocycles. The van der Waals surface area contributed by atoms with Crippen molar-refractivity contribution in [2.24, 2.45) is 0 Å². The van der Waals surface area contributed by atoms with Crippen molar-refractivity contribution in [2.45, 2.75) is 39.5 Å². The smallest absolute Gasteiger partial charge is 0.342 e. The van der Waals surface area contributed by atoms with Gasteiger partial charge in [0.25, 0.3) is 5.69 Å². The van der Waals surface area contributed by atoms with Crippen molar-refractivity contribution < 1.29 is 14.8 Å². The van der Waals surface area contributed by atoms with Crippen molar-refractivity contribution in [3.05, 3.63) is 39.9 Å². The molecule has 0 atom stereocenters. The molecule has 2 N–H and O–H groups in total. The van der Waals surface area contributed by atoms with Gasteiger partial charge in [0.1, 0.15) is 5.56 Å². The molecular weight excluding hydrogens is 272 g/mol. The first-order valence-electron chi connectivity index (χ1n) is 7.22. The minimum Gasteiger partial charge on any atom is -0.477 e. The second-order valence-corrected chi connectivity index (χ2v) is 4.54. The Morgan fingerprint density at radius 3 is 2.10 bits per heavy atom. The summed E-state index contributed by atoms with van der Waals surface area (Å²) in [6, 6.07) is 5.21. The standard InChI is InChI=1S/C8H19N.C7H5NO4/c1-3-5-7-9-8-6-4-2;9-7(10)5-3-1-2-4-6(5)8(11)12/h9H,3-8H2,1-2H3;1-4H,(H,9,10). The molecule has 0 radical (unpaired) electrons. The molecule has 0 spiro atoms. The fourth-order valence-electron chi connectivity index (χ4n) is 1.54. The Morgan fingerprint density at radius 1 is 1.19 bits per heavy atom. The number of nitrogens with zero attached hydrogens (tertiary/aromatic N) is 1. The highest BCUT2D eigenvalue weighted by Gasteiger charge is 2.17. The number of unbranched alkanes of at least 4 members (excludes halogenated alkanes) is 2. The Morgan fingerprint density at radius 2 is 1.71 bits per heavy atom. The lowest BCUT2D eigenvalue weighted by molar-refractivity contribution is -0.385. The van der Waals surface area contributed by atoms with Crippen molar-refractivity contribution in [3.63, 3.8) is 0 Å². The van der Waals surface area contributed by atoms with E-state index in [0.29, 0.717) is 0 Å². The zero-order valence-electron chi connectivity index (χ0n) is 12.7. The normalized spacial score (nSPS) is 9.62. The van der Waals surface area contributed by atoms with Crippen LogP contribution in [-0.2, 0) is 0 Å². The van der Waals surface area contributed by atoms with E-state index in [1.54, 1.807) is 0 Å². The Hall–Kier alpha value is -1.95. The molecule has 0 aromatic heterocycles. The minimum atomic E-state index is -1.29. The zero-order chi connectivity index (χ0) is 16.1. The minimum absolute atomic E-state index is 0.289. The van der Waals surface area contributed by atoms with Crippen molar-refractivity contribution in [1.29, 1.82) is 0 Å². The lowest BCUT2D eigenvalue weighted by atomic mass is 10.2. The molecule has 0 saturated carbocycles. The van der Waals surface area contributed by atoms with Crippen LogP contribution in [0.5, 0.6) is 0 Å². The molecule has 0 bridgehead atoms. The average Bonchev–Trinajstić information content (AvgIpc) is 2.48. The van der Waals surface area contributed by atoms with Gasteiger partial charge >= 0.3 is 5.97 Å². The summed E-state index contributed by atoms with van der Waals surface area (Å²) in [5.74, 6) is -1.29. The third-order valence-electron chi connectivity index (χ3n) is 2.75. The van der Waals surface area contributed by atoms with Crippen LogP contribution in [0.2, 0.25) is 0 Å². The lowest BCUT2D eigenvalue weighted by Crippen LogP contribution is -2.15. The first-order chi connectivity index (χ1) is 10.0. The number of aromatic carboxylic acids is 1. The van der Waals surface area contributed by atoms with Crippen LogP contribution in [0.25, 0.3) is 0 Å². The number of nitro benzene ring substituents is 1. The molecule has 0 aliphatic heterocycles. The summed E-state index contributed by atoms with van der Waals surface area (Å²) in [7, 11) is 0. The molecule has 0 aliphatic rings. The van der Waals surface area contributed by atoms with Gasteiger partial charge < -0.3 is 10.4 Å². The molecule has 0 aliphatic carbocycles. The number of carboxylic acid groups (broad SMARTS) is 1. The first-order valence-corrected chi connectivity index (χ1v) is 7.22. The number of hydrogen-bond donors (Lipinski definition) is 2. The average molecular weight is 296 g/mol. The van der Waals surface area contributed by atoms with Gasteiger partial charge in [0, 0.05) is 6.07 Å². The van der Waals surface area contributed by atoms with Crippen LogP contribution in [0.15, 0.2) is 24.3 Å². The number of carbonyl (C=O) groups is 1. The van der Waals surface area contributed by atoms with E-state index < -0.39 is 10.9 Å². The van der Waals surface area contributed by atoms with Gasteiger partial charge in [-0.05, 0) is 32.0 Å². The number of hydrogen-bond acceptors (Lipinski definition) is 4. The number of benzene rings is 1. The molecule has 0 heterocycles. The topological polar surface area (TPSA) is 92.5 Å². The molecule has 0 fully saturated rings. The summed E-state index contributed by atoms with van der Waals surface area (Å²) in [6.45, 7) is 6.86. The van der Waals surface area contributed by atoms with E-state index in [1.165, 1.54) is 57.0 Å². The molecule has 1 aromatic rings. The molecule has 1 rings (SSSR count). The predicted molar refractivity (Wildman–Crippen MR) is 82.7 cm³/mol. The van der Waals surface area contributed by atoms with E-state index >= 15 is 0 Å². The molecule has 118 valence electrons. The highest BCUT2D eigenvalue weighted by atomic mass is 16.6. The molecule has 6 heteroatoms. The monoisotopic (exact) mass is 296 g/mol. The molecule has 0 saturated heterocycles. The molecule has 6 nitrogen and oxygen atoms in total. The zero-order valence-corrected chi connectivity index (χ0v) is 12.7. The van der Waals surface area contributed by atoms with Gasteiger partial charge in [-0.25, -0.2) is 4.79 Å². The maximum absolute atomic E-state index is 10.4. The van der Waals surface area contributed by atoms with E-state index in [2.05, 4.69) is 19.2 Å². The van der Waals surface area contributed by atoms with Crippen molar-refractivity contribution in [1.82, 2.24) is 5.32 Å². The van der Waals surface area contributed by atoms with Gasteiger partial charge in [0.2, 0.25) is 0 Å². The third-order valence-corrected chi connectivity index (χ3v) is 2.75. The Balaban J connectivity index is 0.000000400. The van der Waals surface area contributed by atoms with E-state index in [-0.39, 0.29) is 11.3 Å². The molecule has 21 heavy (non-hydrogen) atoms. The molecule has 0 amide bonds. The Kier molecular flexibility index (Phi) is 10.7. The third kappa shape index (κ3) is 8.75. The quantitative estimate of drug-likeness (QED) is 0.435. The van der Waals surface area contributed by atoms with Crippen LogP contribution in [0.1, 0.15) is 49.9 Å². The van der Waals surface area contributed by atoms with Gasteiger partial charge in [0.05, 0.1) is 4.92 Å². The van der Waals surface area contributed by atoms with E-state index in [1.807, 2.05) is 0 Å². The van der Waals surface area contributed by atoms with Gasteiger partial charge in [-0.3, -0.25) is 10.1 Å². The summed E-state index contributed by atoms with van der Waals surface area (Å²) < 4.78 is 0. The van der Waals surface area contributed by atoms with Crippen molar-refractivity contribution in [3.8, 4) is 0 Å². The number of rotatable bonds is 8. The number of nitro groups is 1. The maximum atomic E-state index is 10.4. The number of nitrogens with one attached hydrogen (secondary N) is 1. The highest BCUT2D eigenvalue weighted by Crippen LogP contribution is 2.16. The van der Waals surface area contributed by atoms with E-state index in [4.69, 9.17) is 5.11 Å². The fraction of sp³-hybridized carbons (Fsp3) is 0.533. The van der Waals surface area contributed by atoms with Gasteiger partial charge in [-0.1, -0.05) is 38.8 Å². The van der Waals surface area contributed by atoms with Crippen LogP contribution < -0.4 is 5.32 Å². The summed E-state index contributed by atoms with van der Waals surface area (Å²) in [5, 5.41) is 22.2. The summed E-state index contributed by atoms with van der Waals surface area (Å²) in [6.07, 6.45) is 5.26. The summed E-state index contributed by atoms with van der Waals surface area (Å²) >= 11 is 0. The largest absolute Gasteiger partial charge is 0.477 e. The Labute approximate surface area is 125 Å². The van der Waals surface area contributed by atoms with Crippen molar-refractivity contribution >= 4 is 11.7 Å².